The molecule has 2 N–H and O–H groups in total. The minimum absolute atomic E-state index is 0.206. The number of rotatable bonds is 5. The number of pyridine rings is 1. The van der Waals surface area contributed by atoms with Crippen molar-refractivity contribution in [3.8, 4) is 0 Å². The maximum absolute atomic E-state index is 12.1. The van der Waals surface area contributed by atoms with Gasteiger partial charge in [0.15, 0.2) is 10.4 Å². The molecule has 0 spiro atoms. The lowest BCUT2D eigenvalue weighted by Gasteiger charge is -2.08. The van der Waals surface area contributed by atoms with Crippen molar-refractivity contribution in [2.45, 2.75) is 6.54 Å². The van der Waals surface area contributed by atoms with E-state index in [4.69, 9.17) is 4.42 Å². The molecule has 2 heterocycles. The van der Waals surface area contributed by atoms with Crippen LogP contribution >= 0.6 is 15.9 Å². The number of carbonyl (C=O) groups excluding carboxylic acids is 2. The molecule has 0 fully saturated rings. The number of furan rings is 1. The van der Waals surface area contributed by atoms with Crippen LogP contribution in [-0.2, 0) is 6.54 Å². The second-order valence-electron chi connectivity index (χ2n) is 5.18. The first-order valence-electron chi connectivity index (χ1n) is 7.46. The van der Waals surface area contributed by atoms with E-state index in [1.807, 2.05) is 6.07 Å². The topological polar surface area (TPSA) is 84.2 Å². The molecule has 2 aromatic heterocycles. The lowest BCUT2D eigenvalue weighted by Crippen LogP contribution is -2.23. The molecule has 1 aromatic carbocycles. The Labute approximate surface area is 152 Å². The van der Waals surface area contributed by atoms with Crippen molar-refractivity contribution in [3.05, 3.63) is 82.5 Å². The van der Waals surface area contributed by atoms with Crippen LogP contribution < -0.4 is 10.6 Å². The fraction of sp³-hybridized carbons (Fsp3) is 0.0556. The highest BCUT2D eigenvalue weighted by molar-refractivity contribution is 9.10. The summed E-state index contributed by atoms with van der Waals surface area (Å²) in [6.07, 6.45) is 3.12. The van der Waals surface area contributed by atoms with Gasteiger partial charge in [-0.2, -0.15) is 0 Å². The highest BCUT2D eigenvalue weighted by atomic mass is 79.9. The highest BCUT2D eigenvalue weighted by Crippen LogP contribution is 2.17. The fourth-order valence-corrected chi connectivity index (χ4v) is 2.48. The Kier molecular flexibility index (Phi) is 5.25. The number of carbonyl (C=O) groups is 2. The van der Waals surface area contributed by atoms with Crippen molar-refractivity contribution in [1.29, 1.82) is 0 Å². The van der Waals surface area contributed by atoms with Crippen molar-refractivity contribution in [2.75, 3.05) is 5.32 Å². The van der Waals surface area contributed by atoms with E-state index in [1.165, 1.54) is 6.20 Å². The highest BCUT2D eigenvalue weighted by Gasteiger charge is 2.11. The molecule has 0 bridgehead atoms. The molecule has 3 aromatic rings. The second-order valence-corrected chi connectivity index (χ2v) is 5.96. The normalized spacial score (nSPS) is 10.3. The number of nitrogens with one attached hydrogen (secondary N) is 2. The van der Waals surface area contributed by atoms with Crippen LogP contribution in [0.4, 0.5) is 5.69 Å². The zero-order chi connectivity index (χ0) is 17.6. The zero-order valence-corrected chi connectivity index (χ0v) is 14.6. The Morgan fingerprint density at radius 2 is 1.96 bits per heavy atom. The van der Waals surface area contributed by atoms with Gasteiger partial charge >= 0.3 is 0 Å². The van der Waals surface area contributed by atoms with Crippen LogP contribution in [0.2, 0.25) is 0 Å². The van der Waals surface area contributed by atoms with Crippen molar-refractivity contribution in [3.63, 3.8) is 0 Å². The summed E-state index contributed by atoms with van der Waals surface area (Å²) in [6.45, 7) is 0.337. The first kappa shape index (κ1) is 16.9. The minimum Gasteiger partial charge on any atom is -0.444 e. The largest absolute Gasteiger partial charge is 0.444 e. The summed E-state index contributed by atoms with van der Waals surface area (Å²) in [5.74, 6) is -0.340. The molecule has 0 aliphatic heterocycles. The Morgan fingerprint density at radius 3 is 2.68 bits per heavy atom. The van der Waals surface area contributed by atoms with Crippen molar-refractivity contribution in [1.82, 2.24) is 10.3 Å². The standard InChI is InChI=1S/C18H14BrN3O3/c19-16-7-6-15(25-16)18(24)22-14-5-1-3-12(9-14)10-21-17(23)13-4-2-8-20-11-13/h1-9,11H,10H2,(H,21,23)(H,22,24). The molecule has 0 radical (unpaired) electrons. The van der Waals surface area contributed by atoms with Crippen LogP contribution in [0.15, 0.2) is 70.0 Å². The fourth-order valence-electron chi connectivity index (χ4n) is 2.17. The Balaban J connectivity index is 1.61. The van der Waals surface area contributed by atoms with Crippen LogP contribution in [-0.4, -0.2) is 16.8 Å². The van der Waals surface area contributed by atoms with Crippen LogP contribution in [0, 0.1) is 0 Å². The second kappa shape index (κ2) is 7.76. The molecule has 0 aliphatic carbocycles. The van der Waals surface area contributed by atoms with Crippen molar-refractivity contribution in [2.24, 2.45) is 0 Å². The lowest BCUT2D eigenvalue weighted by atomic mass is 10.2. The molecule has 0 saturated heterocycles. The Hall–Kier alpha value is -2.93. The van der Waals surface area contributed by atoms with E-state index in [1.54, 1.807) is 48.7 Å². The van der Waals surface area contributed by atoms with E-state index in [0.717, 1.165) is 5.56 Å². The van der Waals surface area contributed by atoms with E-state index < -0.39 is 0 Å². The first-order chi connectivity index (χ1) is 12.1. The number of hydrogen-bond acceptors (Lipinski definition) is 4. The van der Waals surface area contributed by atoms with Crippen LogP contribution in [0.25, 0.3) is 0 Å². The maximum atomic E-state index is 12.1. The molecule has 6 nitrogen and oxygen atoms in total. The van der Waals surface area contributed by atoms with Gasteiger partial charge in [0.25, 0.3) is 11.8 Å². The molecule has 2 amide bonds. The van der Waals surface area contributed by atoms with Gasteiger partial charge in [-0.1, -0.05) is 12.1 Å². The maximum Gasteiger partial charge on any atom is 0.291 e. The predicted octanol–water partition coefficient (Wildman–Crippen LogP) is 3.62. The smallest absolute Gasteiger partial charge is 0.291 e. The first-order valence-corrected chi connectivity index (χ1v) is 8.25. The van der Waals surface area contributed by atoms with Gasteiger partial charge in [0.2, 0.25) is 0 Å². The van der Waals surface area contributed by atoms with E-state index >= 15 is 0 Å². The van der Waals surface area contributed by atoms with E-state index in [0.29, 0.717) is 22.5 Å². The minimum atomic E-state index is -0.345. The molecule has 0 saturated carbocycles. The monoisotopic (exact) mass is 399 g/mol. The molecule has 3 rings (SSSR count). The van der Waals surface area contributed by atoms with Crippen molar-refractivity contribution < 1.29 is 14.0 Å². The number of anilines is 1. The van der Waals surface area contributed by atoms with Gasteiger partial charge in [-0.3, -0.25) is 14.6 Å². The number of aromatic nitrogens is 1. The quantitative estimate of drug-likeness (QED) is 0.685. The average Bonchev–Trinajstić information content (AvgIpc) is 3.07. The average molecular weight is 400 g/mol. The number of hydrogen-bond donors (Lipinski definition) is 2. The van der Waals surface area contributed by atoms with E-state index in [2.05, 4.69) is 31.5 Å². The van der Waals surface area contributed by atoms with Crippen LogP contribution in [0.1, 0.15) is 26.5 Å². The molecule has 126 valence electrons. The van der Waals surface area contributed by atoms with E-state index in [-0.39, 0.29) is 17.6 Å². The summed E-state index contributed by atoms with van der Waals surface area (Å²) < 4.78 is 5.71. The molecular formula is C18H14BrN3O3. The summed E-state index contributed by atoms with van der Waals surface area (Å²) in [7, 11) is 0. The van der Waals surface area contributed by atoms with Gasteiger partial charge in [0.05, 0.1) is 5.56 Å². The van der Waals surface area contributed by atoms with Gasteiger partial charge in [0.1, 0.15) is 0 Å². The predicted molar refractivity (Wildman–Crippen MR) is 96.2 cm³/mol. The van der Waals surface area contributed by atoms with Gasteiger partial charge < -0.3 is 15.1 Å². The molecule has 0 aliphatic rings. The summed E-state index contributed by atoms with van der Waals surface area (Å²) in [5.41, 5.74) is 1.97. The third kappa shape index (κ3) is 4.54. The Bertz CT molecular complexity index is 893. The number of amides is 2. The molecule has 25 heavy (non-hydrogen) atoms. The third-order valence-electron chi connectivity index (χ3n) is 3.36. The summed E-state index contributed by atoms with van der Waals surface area (Å²) in [6, 6.07) is 13.9. The van der Waals surface area contributed by atoms with Gasteiger partial charge in [-0.25, -0.2) is 0 Å². The zero-order valence-electron chi connectivity index (χ0n) is 13.0. The molecule has 0 atom stereocenters. The molecule has 7 heteroatoms. The number of halogens is 1. The summed E-state index contributed by atoms with van der Waals surface area (Å²) in [4.78, 5) is 28.0. The summed E-state index contributed by atoms with van der Waals surface area (Å²) in [5, 5.41) is 5.57. The van der Waals surface area contributed by atoms with Crippen LogP contribution in [0.5, 0.6) is 0 Å². The van der Waals surface area contributed by atoms with Gasteiger partial charge in [-0.15, -0.1) is 0 Å². The van der Waals surface area contributed by atoms with Gasteiger partial charge in [0, 0.05) is 24.6 Å². The third-order valence-corrected chi connectivity index (χ3v) is 3.78. The number of benzene rings is 1. The summed E-state index contributed by atoms with van der Waals surface area (Å²) >= 11 is 3.16. The molecule has 0 unspecified atom stereocenters. The van der Waals surface area contributed by atoms with Gasteiger partial charge in [-0.05, 0) is 57.9 Å². The Morgan fingerprint density at radius 1 is 1.08 bits per heavy atom. The van der Waals surface area contributed by atoms with E-state index in [9.17, 15) is 9.59 Å². The van der Waals surface area contributed by atoms with Crippen molar-refractivity contribution >= 4 is 33.4 Å². The molecular weight excluding hydrogens is 386 g/mol. The lowest BCUT2D eigenvalue weighted by molar-refractivity contribution is 0.0949. The van der Waals surface area contributed by atoms with Crippen LogP contribution in [0.3, 0.4) is 0 Å². The number of nitrogens with zero attached hydrogens (tertiary/aromatic N) is 1. The SMILES string of the molecule is O=C(NCc1cccc(NC(=O)c2ccc(Br)o2)c1)c1cccnc1.